The van der Waals surface area contributed by atoms with Gasteiger partial charge in [0, 0.05) is 31.2 Å². The minimum Gasteiger partial charge on any atom is -0.312 e. The topological polar surface area (TPSA) is 69.7 Å². The molecule has 0 radical (unpaired) electrons. The Labute approximate surface area is 144 Å². The number of nitrogens with one attached hydrogen (secondary N) is 1. The maximum atomic E-state index is 12.4. The molecule has 0 bridgehead atoms. The second-order valence-electron chi connectivity index (χ2n) is 6.06. The molecule has 24 heavy (non-hydrogen) atoms. The number of rotatable bonds is 8. The van der Waals surface area contributed by atoms with Gasteiger partial charge >= 0.3 is 0 Å². The van der Waals surface area contributed by atoms with Gasteiger partial charge in [0.1, 0.15) is 0 Å². The fraction of sp³-hybridized carbons (Fsp3) is 0.588. The van der Waals surface area contributed by atoms with E-state index in [4.69, 9.17) is 0 Å². The first-order chi connectivity index (χ1) is 11.4. The lowest BCUT2D eigenvalue weighted by Gasteiger charge is -2.26. The van der Waals surface area contributed by atoms with Crippen molar-refractivity contribution in [3.63, 3.8) is 0 Å². The zero-order valence-corrected chi connectivity index (χ0v) is 15.5. The minimum absolute atomic E-state index is 0.0942. The van der Waals surface area contributed by atoms with Crippen molar-refractivity contribution in [1.82, 2.24) is 9.62 Å². The van der Waals surface area contributed by atoms with Crippen molar-refractivity contribution in [3.8, 4) is 0 Å². The molecule has 1 aliphatic heterocycles. The summed E-state index contributed by atoms with van der Waals surface area (Å²) in [6, 6.07) is 6.66. The highest BCUT2D eigenvalue weighted by Gasteiger charge is 2.22. The Bertz CT molecular complexity index is 654. The third-order valence-corrected chi connectivity index (χ3v) is 5.98. The van der Waals surface area contributed by atoms with Crippen LogP contribution in [0.2, 0.25) is 0 Å². The molecule has 6 nitrogen and oxygen atoms in total. The number of anilines is 1. The predicted octanol–water partition coefficient (Wildman–Crippen LogP) is 1.82. The van der Waals surface area contributed by atoms with Gasteiger partial charge in [0.2, 0.25) is 15.9 Å². The number of hydrogen-bond acceptors (Lipinski definition) is 4. The van der Waals surface area contributed by atoms with E-state index in [9.17, 15) is 13.2 Å². The van der Waals surface area contributed by atoms with Crippen molar-refractivity contribution in [1.29, 1.82) is 0 Å². The Morgan fingerprint density at radius 1 is 1.21 bits per heavy atom. The second-order valence-corrected chi connectivity index (χ2v) is 7.83. The van der Waals surface area contributed by atoms with Gasteiger partial charge in [-0.25, -0.2) is 13.1 Å². The van der Waals surface area contributed by atoms with E-state index in [1.54, 1.807) is 29.2 Å². The van der Waals surface area contributed by atoms with Gasteiger partial charge in [-0.05, 0) is 50.7 Å². The fourth-order valence-corrected chi connectivity index (χ4v) is 4.14. The lowest BCUT2D eigenvalue weighted by molar-refractivity contribution is -0.117. The van der Waals surface area contributed by atoms with E-state index in [-0.39, 0.29) is 16.8 Å². The van der Waals surface area contributed by atoms with E-state index >= 15 is 0 Å². The van der Waals surface area contributed by atoms with Crippen LogP contribution in [0, 0.1) is 0 Å². The number of likely N-dealkylation sites (N-methyl/N-ethyl adjacent to an activating group) is 1. The van der Waals surface area contributed by atoms with E-state index < -0.39 is 10.0 Å². The molecule has 0 aliphatic carbocycles. The summed E-state index contributed by atoms with van der Waals surface area (Å²) in [6.45, 7) is 8.98. The van der Waals surface area contributed by atoms with E-state index in [0.29, 0.717) is 19.5 Å². The average Bonchev–Trinajstić information content (AvgIpc) is 3.00. The fourth-order valence-electron chi connectivity index (χ4n) is 3.02. The van der Waals surface area contributed by atoms with Crippen LogP contribution < -0.4 is 9.62 Å². The van der Waals surface area contributed by atoms with E-state index in [2.05, 4.69) is 23.5 Å². The third kappa shape index (κ3) is 4.34. The molecule has 1 aromatic carbocycles. The molecule has 7 heteroatoms. The summed E-state index contributed by atoms with van der Waals surface area (Å²) in [5, 5.41) is 0. The van der Waals surface area contributed by atoms with Gasteiger partial charge in [-0.15, -0.1) is 0 Å². The average molecular weight is 353 g/mol. The van der Waals surface area contributed by atoms with Gasteiger partial charge < -0.3 is 4.90 Å². The van der Waals surface area contributed by atoms with Gasteiger partial charge in [-0.3, -0.25) is 9.69 Å². The highest BCUT2D eigenvalue weighted by Crippen LogP contribution is 2.22. The highest BCUT2D eigenvalue weighted by molar-refractivity contribution is 7.89. The molecule has 1 heterocycles. The summed E-state index contributed by atoms with van der Waals surface area (Å²) in [6.07, 6.45) is 1.41. The number of sulfonamides is 1. The van der Waals surface area contributed by atoms with E-state index in [0.717, 1.165) is 25.2 Å². The number of nitrogens with zero attached hydrogens (tertiary/aromatic N) is 2. The molecule has 1 aromatic rings. The predicted molar refractivity (Wildman–Crippen MR) is 95.6 cm³/mol. The molecule has 1 atom stereocenters. The smallest absolute Gasteiger partial charge is 0.240 e. The molecule has 1 N–H and O–H groups in total. The van der Waals surface area contributed by atoms with Crippen LogP contribution in [0.5, 0.6) is 0 Å². The number of carbonyl (C=O) groups excluding carboxylic acids is 1. The second kappa shape index (κ2) is 8.09. The lowest BCUT2D eigenvalue weighted by Crippen LogP contribution is -2.41. The summed E-state index contributed by atoms with van der Waals surface area (Å²) in [5.41, 5.74) is 0.757. The third-order valence-electron chi connectivity index (χ3n) is 4.54. The van der Waals surface area contributed by atoms with Crippen LogP contribution in [0.1, 0.15) is 33.6 Å². The highest BCUT2D eigenvalue weighted by atomic mass is 32.2. The Kier molecular flexibility index (Phi) is 6.37. The maximum absolute atomic E-state index is 12.4. The zero-order chi connectivity index (χ0) is 17.7. The quantitative estimate of drug-likeness (QED) is 0.774. The molecule has 0 spiro atoms. The Morgan fingerprint density at radius 3 is 2.33 bits per heavy atom. The summed E-state index contributed by atoms with van der Waals surface area (Å²) >= 11 is 0. The van der Waals surface area contributed by atoms with Gasteiger partial charge in [-0.1, -0.05) is 13.8 Å². The molecule has 1 saturated heterocycles. The van der Waals surface area contributed by atoms with Crippen LogP contribution in [-0.4, -0.2) is 51.4 Å². The van der Waals surface area contributed by atoms with Crippen molar-refractivity contribution in [2.45, 2.75) is 44.6 Å². The van der Waals surface area contributed by atoms with Gasteiger partial charge in [0.05, 0.1) is 4.90 Å². The van der Waals surface area contributed by atoms with Crippen molar-refractivity contribution < 1.29 is 13.2 Å². The van der Waals surface area contributed by atoms with Crippen molar-refractivity contribution in [2.24, 2.45) is 0 Å². The normalized spacial score (nSPS) is 16.8. The first kappa shape index (κ1) is 18.9. The van der Waals surface area contributed by atoms with E-state index in [1.165, 1.54) is 0 Å². The Hall–Kier alpha value is -1.44. The molecule has 0 aromatic heterocycles. The van der Waals surface area contributed by atoms with Crippen LogP contribution in [0.3, 0.4) is 0 Å². The number of carbonyl (C=O) groups is 1. The first-order valence-corrected chi connectivity index (χ1v) is 10.0. The lowest BCUT2D eigenvalue weighted by atomic mass is 10.3. The van der Waals surface area contributed by atoms with Gasteiger partial charge in [0.15, 0.2) is 0 Å². The summed E-state index contributed by atoms with van der Waals surface area (Å²) < 4.78 is 27.5. The van der Waals surface area contributed by atoms with Crippen LogP contribution in [-0.2, 0) is 14.8 Å². The standard InChI is InChI=1S/C17H27N3O3S/c1-4-19(5-2)14(3)13-18-24(22,23)16-10-8-15(9-11-16)20-12-6-7-17(20)21/h8-11,14,18H,4-7,12-13H2,1-3H3. The molecular formula is C17H27N3O3S. The summed E-state index contributed by atoms with van der Waals surface area (Å²) in [4.78, 5) is 15.9. The minimum atomic E-state index is -3.54. The largest absolute Gasteiger partial charge is 0.312 e. The molecule has 134 valence electrons. The number of benzene rings is 1. The SMILES string of the molecule is CCN(CC)C(C)CNS(=O)(=O)c1ccc(N2CCCC2=O)cc1. The molecule has 1 unspecified atom stereocenters. The van der Waals surface area contributed by atoms with Crippen molar-refractivity contribution in [2.75, 3.05) is 31.1 Å². The number of amides is 1. The molecule has 1 aliphatic rings. The molecule has 0 saturated carbocycles. The molecular weight excluding hydrogens is 326 g/mol. The maximum Gasteiger partial charge on any atom is 0.240 e. The summed E-state index contributed by atoms with van der Waals surface area (Å²) in [5.74, 6) is 0.0942. The van der Waals surface area contributed by atoms with E-state index in [1.807, 2.05) is 6.92 Å². The first-order valence-electron chi connectivity index (χ1n) is 8.53. The molecule has 1 fully saturated rings. The van der Waals surface area contributed by atoms with Crippen LogP contribution in [0.25, 0.3) is 0 Å². The summed E-state index contributed by atoms with van der Waals surface area (Å²) in [7, 11) is -3.54. The van der Waals surface area contributed by atoms with Gasteiger partial charge in [-0.2, -0.15) is 0 Å². The number of hydrogen-bond donors (Lipinski definition) is 1. The van der Waals surface area contributed by atoms with Crippen LogP contribution in [0.4, 0.5) is 5.69 Å². The Morgan fingerprint density at radius 2 is 1.83 bits per heavy atom. The van der Waals surface area contributed by atoms with Crippen LogP contribution >= 0.6 is 0 Å². The monoisotopic (exact) mass is 353 g/mol. The van der Waals surface area contributed by atoms with Crippen molar-refractivity contribution in [3.05, 3.63) is 24.3 Å². The molecule has 1 amide bonds. The molecule has 2 rings (SSSR count). The zero-order valence-electron chi connectivity index (χ0n) is 14.7. The van der Waals surface area contributed by atoms with Crippen molar-refractivity contribution >= 4 is 21.6 Å². The Balaban J connectivity index is 2.03. The van der Waals surface area contributed by atoms with Crippen LogP contribution in [0.15, 0.2) is 29.2 Å². The van der Waals surface area contributed by atoms with Gasteiger partial charge in [0.25, 0.3) is 0 Å².